The van der Waals surface area contributed by atoms with Gasteiger partial charge in [0.05, 0.1) is 18.3 Å². The van der Waals surface area contributed by atoms with Gasteiger partial charge in [-0.15, -0.1) is 0 Å². The molecule has 0 saturated carbocycles. The molecule has 124 valence electrons. The fourth-order valence-corrected chi connectivity index (χ4v) is 4.30. The number of benzene rings is 1. The summed E-state index contributed by atoms with van der Waals surface area (Å²) >= 11 is 0. The first-order valence-corrected chi connectivity index (χ1v) is 8.69. The Bertz CT molecular complexity index is 749. The van der Waals surface area contributed by atoms with Crippen LogP contribution in [0.2, 0.25) is 0 Å². The van der Waals surface area contributed by atoms with Crippen LogP contribution in [0, 0.1) is 0 Å². The van der Waals surface area contributed by atoms with Crippen molar-refractivity contribution in [1.82, 2.24) is 10.0 Å². The van der Waals surface area contributed by atoms with E-state index >= 15 is 0 Å². The highest BCUT2D eigenvalue weighted by molar-refractivity contribution is 7.91. The first-order chi connectivity index (χ1) is 10.9. The van der Waals surface area contributed by atoms with Gasteiger partial charge in [-0.25, -0.2) is 0 Å². The van der Waals surface area contributed by atoms with E-state index in [1.807, 2.05) is 0 Å². The third kappa shape index (κ3) is 3.15. The Morgan fingerprint density at radius 2 is 2.17 bits per heavy atom. The smallest absolute Gasteiger partial charge is 0.302 e. The molecule has 2 aliphatic heterocycles. The van der Waals surface area contributed by atoms with Crippen LogP contribution in [0.15, 0.2) is 18.2 Å². The van der Waals surface area contributed by atoms with Crippen molar-refractivity contribution in [3.8, 4) is 5.75 Å². The molecule has 2 fully saturated rings. The van der Waals surface area contributed by atoms with E-state index in [1.54, 1.807) is 6.07 Å². The predicted octanol–water partition coefficient (Wildman–Crippen LogP) is -0.565. The summed E-state index contributed by atoms with van der Waals surface area (Å²) in [7, 11) is -3.83. The van der Waals surface area contributed by atoms with Crippen molar-refractivity contribution in [2.24, 2.45) is 0 Å². The zero-order valence-electron chi connectivity index (χ0n) is 12.2. The van der Waals surface area contributed by atoms with Gasteiger partial charge in [0.1, 0.15) is 12.0 Å². The van der Waals surface area contributed by atoms with E-state index in [2.05, 4.69) is 10.0 Å². The number of hydrogen-bond acceptors (Lipinski definition) is 5. The molecule has 2 heterocycles. The molecule has 1 unspecified atom stereocenters. The molecule has 2 atom stereocenters. The molecular formula is C14H17N3O5S. The molecule has 8 nitrogen and oxygen atoms in total. The lowest BCUT2D eigenvalue weighted by atomic mass is 10.0. The average Bonchev–Trinajstić information content (AvgIpc) is 3.02. The highest BCUT2D eigenvalue weighted by atomic mass is 32.2. The number of amides is 1. The SMILES string of the molecule is O=CC1CN(c2ccc(C[C@@H]3CCC(=O)N3)cc2O)S(=O)(=O)N1. The third-order valence-electron chi connectivity index (χ3n) is 3.99. The second-order valence-corrected chi connectivity index (χ2v) is 7.35. The zero-order valence-corrected chi connectivity index (χ0v) is 13.0. The van der Waals surface area contributed by atoms with E-state index in [0.717, 1.165) is 16.3 Å². The van der Waals surface area contributed by atoms with E-state index in [0.29, 0.717) is 19.1 Å². The van der Waals surface area contributed by atoms with Crippen LogP contribution in [-0.2, 0) is 26.2 Å². The summed E-state index contributed by atoms with van der Waals surface area (Å²) in [6.45, 7) is -0.0581. The summed E-state index contributed by atoms with van der Waals surface area (Å²) < 4.78 is 27.1. The standard InChI is InChI=1S/C14H17N3O5S/c18-8-11-7-17(23(21,22)16-11)12-3-1-9(6-13(12)19)5-10-2-4-14(20)15-10/h1,3,6,8,10-11,16,19H,2,4-5,7H2,(H,15,20)/t10-,11?/m0/s1. The average molecular weight is 339 g/mol. The number of phenols is 1. The molecule has 9 heteroatoms. The lowest BCUT2D eigenvalue weighted by Gasteiger charge is -2.18. The van der Waals surface area contributed by atoms with Crippen molar-refractivity contribution in [2.75, 3.05) is 10.8 Å². The Morgan fingerprint density at radius 1 is 1.39 bits per heavy atom. The molecule has 0 aromatic heterocycles. The van der Waals surface area contributed by atoms with Crippen molar-refractivity contribution in [2.45, 2.75) is 31.3 Å². The molecule has 1 amide bonds. The molecule has 2 saturated heterocycles. The lowest BCUT2D eigenvalue weighted by molar-refractivity contribution is -0.119. The van der Waals surface area contributed by atoms with Crippen LogP contribution in [-0.4, -0.2) is 44.3 Å². The topological polar surface area (TPSA) is 116 Å². The maximum atomic E-state index is 12.0. The van der Waals surface area contributed by atoms with Gasteiger partial charge in [-0.2, -0.15) is 13.1 Å². The summed E-state index contributed by atoms with van der Waals surface area (Å²) in [6, 6.07) is 3.91. The molecule has 0 spiro atoms. The summed E-state index contributed by atoms with van der Waals surface area (Å²) in [4.78, 5) is 22.0. The van der Waals surface area contributed by atoms with Crippen LogP contribution in [0.25, 0.3) is 0 Å². The molecule has 1 aromatic rings. The Morgan fingerprint density at radius 3 is 2.74 bits per heavy atom. The minimum absolute atomic E-state index is 0.0185. The minimum Gasteiger partial charge on any atom is -0.506 e. The Hall–Kier alpha value is -2.13. The molecule has 3 rings (SSSR count). The highest BCUT2D eigenvalue weighted by Crippen LogP contribution is 2.32. The number of hydrogen-bond donors (Lipinski definition) is 3. The number of nitrogens with zero attached hydrogens (tertiary/aromatic N) is 1. The quantitative estimate of drug-likeness (QED) is 0.636. The van der Waals surface area contributed by atoms with E-state index in [9.17, 15) is 23.1 Å². The first kappa shape index (κ1) is 15.8. The van der Waals surface area contributed by atoms with E-state index < -0.39 is 16.3 Å². The maximum Gasteiger partial charge on any atom is 0.302 e. The van der Waals surface area contributed by atoms with Crippen LogP contribution >= 0.6 is 0 Å². The van der Waals surface area contributed by atoms with Crippen molar-refractivity contribution < 1.29 is 23.1 Å². The van der Waals surface area contributed by atoms with Crippen molar-refractivity contribution in [1.29, 1.82) is 0 Å². The fraction of sp³-hybridized carbons (Fsp3) is 0.429. The van der Waals surface area contributed by atoms with Gasteiger partial charge in [-0.05, 0) is 30.5 Å². The van der Waals surface area contributed by atoms with Crippen LogP contribution in [0.4, 0.5) is 5.69 Å². The highest BCUT2D eigenvalue weighted by Gasteiger charge is 2.36. The van der Waals surface area contributed by atoms with Gasteiger partial charge in [0.15, 0.2) is 0 Å². The number of carbonyl (C=O) groups is 2. The van der Waals surface area contributed by atoms with Crippen LogP contribution in [0.1, 0.15) is 18.4 Å². The number of nitrogens with one attached hydrogen (secondary N) is 2. The van der Waals surface area contributed by atoms with Crippen LogP contribution in [0.3, 0.4) is 0 Å². The number of phenolic OH excluding ortho intramolecular Hbond substituents is 1. The van der Waals surface area contributed by atoms with Gasteiger partial charge >= 0.3 is 10.2 Å². The largest absolute Gasteiger partial charge is 0.506 e. The number of anilines is 1. The maximum absolute atomic E-state index is 12.0. The first-order valence-electron chi connectivity index (χ1n) is 7.25. The van der Waals surface area contributed by atoms with Gasteiger partial charge in [-0.3, -0.25) is 9.10 Å². The third-order valence-corrected chi connectivity index (χ3v) is 5.52. The fourth-order valence-electron chi connectivity index (χ4n) is 2.89. The van der Waals surface area contributed by atoms with Crippen molar-refractivity contribution in [3.05, 3.63) is 23.8 Å². The van der Waals surface area contributed by atoms with Gasteiger partial charge in [-0.1, -0.05) is 6.07 Å². The van der Waals surface area contributed by atoms with E-state index in [1.165, 1.54) is 12.1 Å². The molecule has 3 N–H and O–H groups in total. The number of aromatic hydroxyl groups is 1. The molecule has 1 aromatic carbocycles. The predicted molar refractivity (Wildman–Crippen MR) is 82.2 cm³/mol. The lowest BCUT2D eigenvalue weighted by Crippen LogP contribution is -2.30. The second-order valence-electron chi connectivity index (χ2n) is 5.73. The van der Waals surface area contributed by atoms with E-state index in [4.69, 9.17) is 0 Å². The second kappa shape index (κ2) is 5.82. The summed E-state index contributed by atoms with van der Waals surface area (Å²) in [5.41, 5.74) is 0.927. The number of carbonyl (C=O) groups excluding carboxylic acids is 2. The minimum atomic E-state index is -3.83. The molecule has 23 heavy (non-hydrogen) atoms. The van der Waals surface area contributed by atoms with E-state index in [-0.39, 0.29) is 29.9 Å². The zero-order chi connectivity index (χ0) is 16.6. The Labute approximate surface area is 133 Å². The molecule has 2 aliphatic rings. The molecule has 0 aliphatic carbocycles. The summed E-state index contributed by atoms with van der Waals surface area (Å²) in [5.74, 6) is -0.159. The van der Waals surface area contributed by atoms with Crippen molar-refractivity contribution in [3.63, 3.8) is 0 Å². The van der Waals surface area contributed by atoms with Crippen LogP contribution in [0.5, 0.6) is 5.75 Å². The molecule has 0 radical (unpaired) electrons. The number of aldehydes is 1. The summed E-state index contributed by atoms with van der Waals surface area (Å²) in [5, 5.41) is 13.0. The monoisotopic (exact) mass is 339 g/mol. The Kier molecular flexibility index (Phi) is 3.99. The van der Waals surface area contributed by atoms with Gasteiger partial charge < -0.3 is 15.2 Å². The van der Waals surface area contributed by atoms with Gasteiger partial charge in [0.25, 0.3) is 0 Å². The summed E-state index contributed by atoms with van der Waals surface area (Å²) in [6.07, 6.45) is 2.33. The molecule has 0 bridgehead atoms. The normalized spacial score (nSPS) is 26.3. The van der Waals surface area contributed by atoms with Crippen LogP contribution < -0.4 is 14.3 Å². The number of rotatable bonds is 4. The van der Waals surface area contributed by atoms with Gasteiger partial charge in [0.2, 0.25) is 5.91 Å². The Balaban J connectivity index is 1.79. The van der Waals surface area contributed by atoms with Gasteiger partial charge in [0, 0.05) is 12.5 Å². The van der Waals surface area contributed by atoms with Crippen molar-refractivity contribution >= 4 is 28.1 Å². The molecular weight excluding hydrogens is 322 g/mol.